The van der Waals surface area contributed by atoms with Crippen LogP contribution in [-0.2, 0) is 4.84 Å². The molecule has 0 bridgehead atoms. The molecule has 0 amide bonds. The summed E-state index contributed by atoms with van der Waals surface area (Å²) < 4.78 is 0. The summed E-state index contributed by atoms with van der Waals surface area (Å²) in [5.74, 6) is 0.917. The van der Waals surface area contributed by atoms with E-state index in [1.807, 2.05) is 6.07 Å². The first-order chi connectivity index (χ1) is 8.38. The third-order valence-electron chi connectivity index (χ3n) is 2.58. The molecule has 0 aromatic heterocycles. The fraction of sp³-hybridized carbons (Fsp3) is 0.286. The summed E-state index contributed by atoms with van der Waals surface area (Å²) in [6.45, 7) is 0. The van der Waals surface area contributed by atoms with Gasteiger partial charge in [0.05, 0.1) is 11.6 Å². The second-order valence-corrected chi connectivity index (χ2v) is 3.90. The molecule has 3 nitrogen and oxygen atoms in total. The van der Waals surface area contributed by atoms with Gasteiger partial charge in [-0.2, -0.15) is 5.26 Å². The average Bonchev–Trinajstić information content (AvgIpc) is 2.40. The van der Waals surface area contributed by atoms with Gasteiger partial charge in [0.15, 0.2) is 0 Å². The summed E-state index contributed by atoms with van der Waals surface area (Å²) in [4.78, 5) is 5.25. The lowest BCUT2D eigenvalue weighted by Gasteiger charge is -2.08. The second-order valence-electron chi connectivity index (χ2n) is 3.90. The first kappa shape index (κ1) is 11.4. The SMILES string of the molecule is N#Cc1cccc([C]=NOC2=CCCCC2)c1. The van der Waals surface area contributed by atoms with Gasteiger partial charge in [0.25, 0.3) is 0 Å². The lowest BCUT2D eigenvalue weighted by atomic mass is 10.1. The van der Waals surface area contributed by atoms with Crippen LogP contribution in [0.3, 0.4) is 0 Å². The molecule has 1 aromatic rings. The van der Waals surface area contributed by atoms with Crippen LogP contribution in [0.4, 0.5) is 0 Å². The van der Waals surface area contributed by atoms with Crippen LogP contribution in [-0.4, -0.2) is 6.21 Å². The summed E-state index contributed by atoms with van der Waals surface area (Å²) in [6.07, 6.45) is 9.24. The first-order valence-electron chi connectivity index (χ1n) is 5.71. The van der Waals surface area contributed by atoms with Gasteiger partial charge in [0.2, 0.25) is 0 Å². The number of hydrogen-bond acceptors (Lipinski definition) is 3. The number of allylic oxidation sites excluding steroid dienone is 2. The van der Waals surface area contributed by atoms with Crippen molar-refractivity contribution in [1.82, 2.24) is 0 Å². The van der Waals surface area contributed by atoms with Gasteiger partial charge in [-0.25, -0.2) is 0 Å². The van der Waals surface area contributed by atoms with Crippen molar-refractivity contribution in [2.45, 2.75) is 25.7 Å². The van der Waals surface area contributed by atoms with E-state index in [-0.39, 0.29) is 0 Å². The molecule has 85 valence electrons. The largest absolute Gasteiger partial charge is 0.361 e. The lowest BCUT2D eigenvalue weighted by Crippen LogP contribution is -1.93. The Hall–Kier alpha value is -2.08. The Morgan fingerprint density at radius 2 is 2.12 bits per heavy atom. The molecule has 1 aliphatic carbocycles. The number of nitriles is 1. The van der Waals surface area contributed by atoms with E-state index in [4.69, 9.17) is 10.1 Å². The molecule has 0 saturated carbocycles. The van der Waals surface area contributed by atoms with Crippen molar-refractivity contribution in [1.29, 1.82) is 5.26 Å². The van der Waals surface area contributed by atoms with Crippen molar-refractivity contribution < 1.29 is 4.84 Å². The summed E-state index contributed by atoms with van der Waals surface area (Å²) in [6, 6.07) is 9.18. The molecule has 17 heavy (non-hydrogen) atoms. The quantitative estimate of drug-likeness (QED) is 0.585. The van der Waals surface area contributed by atoms with Crippen molar-refractivity contribution in [2.24, 2.45) is 5.16 Å². The topological polar surface area (TPSA) is 45.4 Å². The Morgan fingerprint density at radius 3 is 2.88 bits per heavy atom. The Balaban J connectivity index is 1.95. The van der Waals surface area contributed by atoms with E-state index in [1.165, 1.54) is 6.42 Å². The van der Waals surface area contributed by atoms with Crippen LogP contribution in [0.25, 0.3) is 0 Å². The lowest BCUT2D eigenvalue weighted by molar-refractivity contribution is 0.210. The highest BCUT2D eigenvalue weighted by atomic mass is 16.6. The molecule has 1 aliphatic rings. The van der Waals surface area contributed by atoms with Crippen LogP contribution in [0.2, 0.25) is 0 Å². The highest BCUT2D eigenvalue weighted by Crippen LogP contribution is 2.18. The minimum atomic E-state index is 0.599. The van der Waals surface area contributed by atoms with Crippen LogP contribution in [0, 0.1) is 11.3 Å². The van der Waals surface area contributed by atoms with Crippen molar-refractivity contribution in [3.63, 3.8) is 0 Å². The van der Waals surface area contributed by atoms with Gasteiger partial charge in [0, 0.05) is 12.0 Å². The third kappa shape index (κ3) is 3.46. The molecule has 0 heterocycles. The van der Waals surface area contributed by atoms with E-state index >= 15 is 0 Å². The Labute approximate surface area is 101 Å². The number of nitrogens with zero attached hydrogens (tertiary/aromatic N) is 2. The third-order valence-corrected chi connectivity index (χ3v) is 2.58. The van der Waals surface area contributed by atoms with E-state index in [9.17, 15) is 0 Å². The number of hydrogen-bond donors (Lipinski definition) is 0. The standard InChI is InChI=1S/C14H13N2O/c15-10-12-5-4-6-13(9-12)11-16-17-14-7-2-1-3-8-14/h4-7,9H,1-3,8H2. The fourth-order valence-electron chi connectivity index (χ4n) is 1.68. The van der Waals surface area contributed by atoms with Crippen molar-refractivity contribution in [3.05, 3.63) is 47.2 Å². The maximum absolute atomic E-state index is 8.74. The zero-order valence-electron chi connectivity index (χ0n) is 9.52. The summed E-state index contributed by atoms with van der Waals surface area (Å²) in [5.41, 5.74) is 1.35. The van der Waals surface area contributed by atoms with E-state index < -0.39 is 0 Å². The van der Waals surface area contributed by atoms with Gasteiger partial charge in [0.1, 0.15) is 12.0 Å². The van der Waals surface area contributed by atoms with Crippen LogP contribution in [0.15, 0.2) is 41.3 Å². The van der Waals surface area contributed by atoms with Gasteiger partial charge in [-0.05, 0) is 37.5 Å². The summed E-state index contributed by atoms with van der Waals surface area (Å²) in [7, 11) is 0. The molecular weight excluding hydrogens is 212 g/mol. The molecule has 0 atom stereocenters. The molecule has 1 radical (unpaired) electrons. The molecule has 0 aliphatic heterocycles. The maximum Gasteiger partial charge on any atom is 0.140 e. The molecule has 2 rings (SSSR count). The van der Waals surface area contributed by atoms with Crippen LogP contribution in [0.5, 0.6) is 0 Å². The second kappa shape index (κ2) is 5.86. The molecule has 0 unspecified atom stereocenters. The van der Waals surface area contributed by atoms with Gasteiger partial charge in [-0.1, -0.05) is 17.3 Å². The van der Waals surface area contributed by atoms with Gasteiger partial charge in [-0.3, -0.25) is 0 Å². The minimum Gasteiger partial charge on any atom is -0.361 e. The van der Waals surface area contributed by atoms with Crippen molar-refractivity contribution >= 4 is 6.21 Å². The summed E-state index contributed by atoms with van der Waals surface area (Å²) in [5, 5.41) is 12.6. The van der Waals surface area contributed by atoms with Gasteiger partial charge < -0.3 is 4.84 Å². The molecular formula is C14H13N2O. The van der Waals surface area contributed by atoms with Crippen LogP contribution in [0.1, 0.15) is 36.8 Å². The Morgan fingerprint density at radius 1 is 1.24 bits per heavy atom. The number of benzene rings is 1. The van der Waals surface area contributed by atoms with Gasteiger partial charge in [-0.15, -0.1) is 0 Å². The van der Waals surface area contributed by atoms with E-state index in [0.29, 0.717) is 5.56 Å². The predicted molar refractivity (Wildman–Crippen MR) is 65.3 cm³/mol. The highest BCUT2D eigenvalue weighted by molar-refractivity contribution is 5.79. The number of rotatable bonds is 3. The van der Waals surface area contributed by atoms with Crippen LogP contribution < -0.4 is 0 Å². The van der Waals surface area contributed by atoms with Crippen LogP contribution >= 0.6 is 0 Å². The first-order valence-corrected chi connectivity index (χ1v) is 5.71. The molecule has 3 heteroatoms. The maximum atomic E-state index is 8.74. The minimum absolute atomic E-state index is 0.599. The monoisotopic (exact) mass is 225 g/mol. The summed E-state index contributed by atoms with van der Waals surface area (Å²) >= 11 is 0. The van der Waals surface area contributed by atoms with E-state index in [2.05, 4.69) is 23.5 Å². The van der Waals surface area contributed by atoms with E-state index in [0.717, 1.165) is 30.6 Å². The molecule has 0 fully saturated rings. The predicted octanol–water partition coefficient (Wildman–Crippen LogP) is 3.24. The Bertz CT molecular complexity index is 483. The normalized spacial score (nSPS) is 15.4. The van der Waals surface area contributed by atoms with Crippen molar-refractivity contribution in [3.8, 4) is 6.07 Å². The zero-order chi connectivity index (χ0) is 11.9. The molecule has 0 N–H and O–H groups in total. The molecule has 0 spiro atoms. The van der Waals surface area contributed by atoms with E-state index in [1.54, 1.807) is 18.2 Å². The van der Waals surface area contributed by atoms with Crippen molar-refractivity contribution in [2.75, 3.05) is 0 Å². The smallest absolute Gasteiger partial charge is 0.140 e. The average molecular weight is 225 g/mol. The zero-order valence-corrected chi connectivity index (χ0v) is 9.52. The molecule has 0 saturated heterocycles. The fourth-order valence-corrected chi connectivity index (χ4v) is 1.68. The van der Waals surface area contributed by atoms with Gasteiger partial charge >= 0.3 is 0 Å². The Kier molecular flexibility index (Phi) is 3.93. The highest BCUT2D eigenvalue weighted by Gasteiger charge is 2.03. The molecule has 1 aromatic carbocycles.